The Kier molecular flexibility index (Phi) is 9.33. The number of carboxylic acids is 1. The summed E-state index contributed by atoms with van der Waals surface area (Å²) in [6.45, 7) is 0.125. The monoisotopic (exact) mass is 474 g/mol. The average Bonchev–Trinajstić information content (AvgIpc) is 2.89. The van der Waals surface area contributed by atoms with Gasteiger partial charge >= 0.3 is 5.97 Å². The fourth-order valence-corrected chi connectivity index (χ4v) is 3.38. The van der Waals surface area contributed by atoms with Crippen molar-refractivity contribution in [3.63, 3.8) is 0 Å². The number of amides is 1. The minimum absolute atomic E-state index is 0.00949. The molecule has 8 heteroatoms. The Morgan fingerprint density at radius 1 is 0.914 bits per heavy atom. The van der Waals surface area contributed by atoms with Crippen LogP contribution in [0.5, 0.6) is 5.75 Å². The van der Waals surface area contributed by atoms with Crippen molar-refractivity contribution < 1.29 is 29.1 Å². The molecule has 0 saturated carbocycles. The molecule has 3 rings (SSSR count). The van der Waals surface area contributed by atoms with Crippen molar-refractivity contribution in [2.24, 2.45) is 0 Å². The standard InChI is InChI=1S/C27H26N2O6/c1-34-22-14-12-19(13-15-22)16-24(27(32)33)28-26(31)25(23(17-30)21-10-6-3-7-11-21)29-35-18-20-8-4-2-5-9-20/h2-15,24-25,29H,16,18H2,1H3,(H,28,31)(H,32,33)/t24-,25-/m0/s1. The third kappa shape index (κ3) is 7.38. The Morgan fingerprint density at radius 3 is 2.11 bits per heavy atom. The van der Waals surface area contributed by atoms with Gasteiger partial charge in [-0.25, -0.2) is 9.59 Å². The van der Waals surface area contributed by atoms with E-state index in [9.17, 15) is 19.5 Å². The molecule has 0 aromatic heterocycles. The lowest BCUT2D eigenvalue weighted by molar-refractivity contribution is -0.142. The lowest BCUT2D eigenvalue weighted by atomic mass is 9.99. The van der Waals surface area contributed by atoms with Crippen molar-refractivity contribution >= 4 is 23.4 Å². The number of methoxy groups -OCH3 is 1. The number of hydroxylamine groups is 1. The molecule has 2 atom stereocenters. The molecular weight excluding hydrogens is 448 g/mol. The number of hydrogen-bond acceptors (Lipinski definition) is 6. The molecule has 3 aromatic rings. The predicted octanol–water partition coefficient (Wildman–Crippen LogP) is 2.81. The summed E-state index contributed by atoms with van der Waals surface area (Å²) in [5, 5.41) is 12.2. The second kappa shape index (κ2) is 12.9. The fraction of sp³-hybridized carbons (Fsp3) is 0.185. The fourth-order valence-electron chi connectivity index (χ4n) is 3.38. The van der Waals surface area contributed by atoms with Gasteiger partial charge in [-0.1, -0.05) is 72.8 Å². The van der Waals surface area contributed by atoms with Crippen LogP contribution in [0.25, 0.3) is 5.57 Å². The second-order valence-corrected chi connectivity index (χ2v) is 7.66. The number of hydrogen-bond donors (Lipinski definition) is 3. The molecule has 1 amide bonds. The molecule has 3 aromatic carbocycles. The van der Waals surface area contributed by atoms with Gasteiger partial charge < -0.3 is 15.2 Å². The van der Waals surface area contributed by atoms with E-state index >= 15 is 0 Å². The predicted molar refractivity (Wildman–Crippen MR) is 130 cm³/mol. The van der Waals surface area contributed by atoms with Crippen LogP contribution in [-0.2, 0) is 32.2 Å². The van der Waals surface area contributed by atoms with Gasteiger partial charge in [-0.15, -0.1) is 0 Å². The molecule has 8 nitrogen and oxygen atoms in total. The Morgan fingerprint density at radius 2 is 1.54 bits per heavy atom. The Hall–Kier alpha value is -4.23. The molecule has 3 N–H and O–H groups in total. The van der Waals surface area contributed by atoms with Gasteiger partial charge in [0.15, 0.2) is 0 Å². The summed E-state index contributed by atoms with van der Waals surface area (Å²) in [7, 11) is 1.53. The lowest BCUT2D eigenvalue weighted by Gasteiger charge is -2.22. The first-order valence-electron chi connectivity index (χ1n) is 10.9. The van der Waals surface area contributed by atoms with E-state index in [0.717, 1.165) is 5.56 Å². The van der Waals surface area contributed by atoms with Crippen molar-refractivity contribution in [1.29, 1.82) is 0 Å². The SMILES string of the molecule is COc1ccc(C[C@H](NC(=O)[C@@H](NOCc2ccccc2)C(=C=O)c2ccccc2)C(=O)O)cc1. The van der Waals surface area contributed by atoms with Gasteiger partial charge in [-0.2, -0.15) is 5.48 Å². The molecule has 0 aliphatic heterocycles. The van der Waals surface area contributed by atoms with Crippen LogP contribution >= 0.6 is 0 Å². The van der Waals surface area contributed by atoms with Crippen molar-refractivity contribution in [2.45, 2.75) is 25.1 Å². The number of ether oxygens (including phenoxy) is 1. The average molecular weight is 475 g/mol. The van der Waals surface area contributed by atoms with Crippen molar-refractivity contribution in [3.8, 4) is 5.75 Å². The summed E-state index contributed by atoms with van der Waals surface area (Å²) in [6, 6.07) is 22.1. The topological polar surface area (TPSA) is 114 Å². The van der Waals surface area contributed by atoms with E-state index in [-0.39, 0.29) is 18.6 Å². The molecule has 0 aliphatic carbocycles. The van der Waals surface area contributed by atoms with E-state index in [1.165, 1.54) is 7.11 Å². The number of carboxylic acid groups (broad SMARTS) is 1. The van der Waals surface area contributed by atoms with E-state index in [1.54, 1.807) is 54.6 Å². The normalized spacial score (nSPS) is 12.1. The minimum Gasteiger partial charge on any atom is -0.497 e. The van der Waals surface area contributed by atoms with E-state index in [0.29, 0.717) is 16.9 Å². The molecule has 0 heterocycles. The Balaban J connectivity index is 1.78. The zero-order valence-corrected chi connectivity index (χ0v) is 19.1. The molecule has 0 spiro atoms. The molecule has 0 saturated heterocycles. The van der Waals surface area contributed by atoms with E-state index in [2.05, 4.69) is 10.8 Å². The maximum absolute atomic E-state index is 13.2. The first-order chi connectivity index (χ1) is 17.0. The molecular formula is C27H26N2O6. The van der Waals surface area contributed by atoms with Crippen LogP contribution in [-0.4, -0.2) is 42.1 Å². The molecule has 180 valence electrons. The summed E-state index contributed by atoms with van der Waals surface area (Å²) in [6.07, 6.45) is 0.0358. The van der Waals surface area contributed by atoms with Crippen LogP contribution in [0, 0.1) is 0 Å². The van der Waals surface area contributed by atoms with Crippen molar-refractivity contribution in [2.75, 3.05) is 7.11 Å². The number of carbonyl (C=O) groups is 2. The number of rotatable bonds is 12. The van der Waals surface area contributed by atoms with Gasteiger partial charge in [0.25, 0.3) is 0 Å². The maximum Gasteiger partial charge on any atom is 0.326 e. The van der Waals surface area contributed by atoms with Gasteiger partial charge in [-0.05, 0) is 28.8 Å². The Labute approximate surface area is 203 Å². The summed E-state index contributed by atoms with van der Waals surface area (Å²) in [5.41, 5.74) is 4.61. The highest BCUT2D eigenvalue weighted by Crippen LogP contribution is 2.17. The number of nitrogens with one attached hydrogen (secondary N) is 2. The molecule has 0 fully saturated rings. The lowest BCUT2D eigenvalue weighted by Crippen LogP contribution is -2.51. The van der Waals surface area contributed by atoms with Gasteiger partial charge in [0, 0.05) is 6.42 Å². The maximum atomic E-state index is 13.2. The van der Waals surface area contributed by atoms with E-state index < -0.39 is 24.0 Å². The minimum atomic E-state index is -1.30. The summed E-state index contributed by atoms with van der Waals surface area (Å²) >= 11 is 0. The van der Waals surface area contributed by atoms with Crippen LogP contribution in [0.15, 0.2) is 84.9 Å². The van der Waals surface area contributed by atoms with Crippen molar-refractivity contribution in [1.82, 2.24) is 10.8 Å². The number of aliphatic carboxylic acids is 1. The van der Waals surface area contributed by atoms with Crippen LogP contribution in [0.2, 0.25) is 0 Å². The largest absolute Gasteiger partial charge is 0.497 e. The van der Waals surface area contributed by atoms with Gasteiger partial charge in [-0.3, -0.25) is 9.63 Å². The molecule has 0 bridgehead atoms. The van der Waals surface area contributed by atoms with E-state index in [4.69, 9.17) is 9.57 Å². The smallest absolute Gasteiger partial charge is 0.326 e. The van der Waals surface area contributed by atoms with Crippen molar-refractivity contribution in [3.05, 3.63) is 102 Å². The van der Waals surface area contributed by atoms with Crippen LogP contribution < -0.4 is 15.5 Å². The molecule has 0 radical (unpaired) electrons. The summed E-state index contributed by atoms with van der Waals surface area (Å²) < 4.78 is 5.12. The van der Waals surface area contributed by atoms with E-state index in [1.807, 2.05) is 36.3 Å². The van der Waals surface area contributed by atoms with Crippen LogP contribution in [0.1, 0.15) is 16.7 Å². The van der Waals surface area contributed by atoms with Crippen LogP contribution in [0.4, 0.5) is 0 Å². The highest BCUT2D eigenvalue weighted by atomic mass is 16.6. The zero-order chi connectivity index (χ0) is 25.0. The number of carbonyl (C=O) groups excluding carboxylic acids is 2. The summed E-state index contributed by atoms with van der Waals surface area (Å²) in [4.78, 5) is 42.6. The summed E-state index contributed by atoms with van der Waals surface area (Å²) in [5.74, 6) is 0.499. The first-order valence-corrected chi connectivity index (χ1v) is 10.9. The molecule has 0 unspecified atom stereocenters. The third-order valence-corrected chi connectivity index (χ3v) is 5.24. The van der Waals surface area contributed by atoms with Gasteiger partial charge in [0.2, 0.25) is 5.91 Å². The molecule has 0 aliphatic rings. The zero-order valence-electron chi connectivity index (χ0n) is 19.1. The second-order valence-electron chi connectivity index (χ2n) is 7.66. The highest BCUT2D eigenvalue weighted by molar-refractivity contribution is 6.04. The number of benzene rings is 3. The first kappa shape index (κ1) is 25.4. The van der Waals surface area contributed by atoms with Gasteiger partial charge in [0.1, 0.15) is 23.8 Å². The quantitative estimate of drug-likeness (QED) is 0.273. The third-order valence-electron chi connectivity index (χ3n) is 5.24. The highest BCUT2D eigenvalue weighted by Gasteiger charge is 2.30. The van der Waals surface area contributed by atoms with Gasteiger partial charge in [0.05, 0.1) is 19.3 Å². The Bertz CT molecular complexity index is 1160. The molecule has 35 heavy (non-hydrogen) atoms. The van der Waals surface area contributed by atoms with Crippen LogP contribution in [0.3, 0.4) is 0 Å².